The molecule has 0 aromatic heterocycles. The van der Waals surface area contributed by atoms with Crippen LogP contribution in [0.1, 0.15) is 44.4 Å². The minimum Gasteiger partial charge on any atom is -0.444 e. The molecule has 1 unspecified atom stereocenters. The molecule has 2 aromatic rings. The van der Waals surface area contributed by atoms with Crippen molar-refractivity contribution >= 4 is 6.09 Å². The van der Waals surface area contributed by atoms with Crippen molar-refractivity contribution in [3.05, 3.63) is 59.7 Å². The third-order valence-electron chi connectivity index (χ3n) is 4.38. The SMILES string of the molecule is CC(C)(C)OC(=O)N1CCC(N)c2cc(-c3ccccc3)ccc2C1. The summed E-state index contributed by atoms with van der Waals surface area (Å²) in [4.78, 5) is 14.2. The highest BCUT2D eigenvalue weighted by Crippen LogP contribution is 2.30. The van der Waals surface area contributed by atoms with E-state index in [2.05, 4.69) is 30.3 Å². The highest BCUT2D eigenvalue weighted by atomic mass is 16.6. The number of rotatable bonds is 1. The molecule has 1 amide bonds. The second-order valence-corrected chi connectivity index (χ2v) is 7.58. The van der Waals surface area contributed by atoms with Crippen molar-refractivity contribution in [1.29, 1.82) is 0 Å². The fourth-order valence-electron chi connectivity index (χ4n) is 3.11. The van der Waals surface area contributed by atoms with Crippen LogP contribution in [0, 0.1) is 0 Å². The summed E-state index contributed by atoms with van der Waals surface area (Å²) < 4.78 is 5.52. The molecule has 25 heavy (non-hydrogen) atoms. The van der Waals surface area contributed by atoms with Crippen molar-refractivity contribution in [2.45, 2.75) is 45.4 Å². The molecular weight excluding hydrogens is 312 g/mol. The number of benzene rings is 2. The summed E-state index contributed by atoms with van der Waals surface area (Å²) in [5.74, 6) is 0. The predicted octanol–water partition coefficient (Wildman–Crippen LogP) is 4.49. The molecular formula is C21H26N2O2. The summed E-state index contributed by atoms with van der Waals surface area (Å²) >= 11 is 0. The van der Waals surface area contributed by atoms with Crippen molar-refractivity contribution in [2.75, 3.05) is 6.54 Å². The lowest BCUT2D eigenvalue weighted by Gasteiger charge is -2.26. The van der Waals surface area contributed by atoms with E-state index < -0.39 is 5.60 Å². The zero-order chi connectivity index (χ0) is 18.0. The first-order valence-electron chi connectivity index (χ1n) is 8.75. The highest BCUT2D eigenvalue weighted by molar-refractivity contribution is 5.69. The Kier molecular flexibility index (Phi) is 4.82. The molecule has 0 radical (unpaired) electrons. The number of nitrogens with two attached hydrogens (primary N) is 1. The standard InChI is InChI=1S/C21H26N2O2/c1-21(2,3)25-20(24)23-12-11-19(22)18-13-16(9-10-17(18)14-23)15-7-5-4-6-8-15/h4-10,13,19H,11-12,14,22H2,1-3H3. The van der Waals surface area contributed by atoms with Crippen LogP contribution in [0.3, 0.4) is 0 Å². The lowest BCUT2D eigenvalue weighted by atomic mass is 9.95. The van der Waals surface area contributed by atoms with Crippen molar-refractivity contribution in [1.82, 2.24) is 4.90 Å². The van der Waals surface area contributed by atoms with Gasteiger partial charge in [0.1, 0.15) is 5.60 Å². The molecule has 1 heterocycles. The molecule has 0 aliphatic carbocycles. The van der Waals surface area contributed by atoms with Crippen LogP contribution < -0.4 is 5.73 Å². The average molecular weight is 338 g/mol. The number of carbonyl (C=O) groups is 1. The van der Waals surface area contributed by atoms with Gasteiger partial charge in [0.2, 0.25) is 0 Å². The maximum absolute atomic E-state index is 12.4. The summed E-state index contributed by atoms with van der Waals surface area (Å²) in [7, 11) is 0. The Morgan fingerprint density at radius 1 is 1.12 bits per heavy atom. The molecule has 1 aliphatic heterocycles. The Labute approximate surface area is 149 Å². The molecule has 0 fully saturated rings. The minimum atomic E-state index is -0.495. The Morgan fingerprint density at radius 2 is 1.84 bits per heavy atom. The normalized spacial score (nSPS) is 17.6. The first-order chi connectivity index (χ1) is 11.8. The molecule has 0 bridgehead atoms. The summed E-state index contributed by atoms with van der Waals surface area (Å²) in [5.41, 5.74) is 10.4. The predicted molar refractivity (Wildman–Crippen MR) is 100 cm³/mol. The van der Waals surface area contributed by atoms with Crippen LogP contribution in [0.2, 0.25) is 0 Å². The first-order valence-corrected chi connectivity index (χ1v) is 8.75. The van der Waals surface area contributed by atoms with Crippen LogP contribution in [0.15, 0.2) is 48.5 Å². The van der Waals surface area contributed by atoms with Crippen LogP contribution in [0.25, 0.3) is 11.1 Å². The van der Waals surface area contributed by atoms with Gasteiger partial charge in [0, 0.05) is 19.1 Å². The Bertz CT molecular complexity index is 750. The van der Waals surface area contributed by atoms with Gasteiger partial charge in [-0.2, -0.15) is 0 Å². The van der Waals surface area contributed by atoms with Gasteiger partial charge < -0.3 is 15.4 Å². The van der Waals surface area contributed by atoms with Gasteiger partial charge in [0.15, 0.2) is 0 Å². The lowest BCUT2D eigenvalue weighted by molar-refractivity contribution is 0.0235. The number of fused-ring (bicyclic) bond motifs is 1. The maximum Gasteiger partial charge on any atom is 0.410 e. The molecule has 0 saturated carbocycles. The molecule has 4 nitrogen and oxygen atoms in total. The van der Waals surface area contributed by atoms with Crippen molar-refractivity contribution in [3.63, 3.8) is 0 Å². The third-order valence-corrected chi connectivity index (χ3v) is 4.38. The number of nitrogens with zero attached hydrogens (tertiary/aromatic N) is 1. The van der Waals surface area contributed by atoms with Gasteiger partial charge >= 0.3 is 6.09 Å². The van der Waals surface area contributed by atoms with Crippen molar-refractivity contribution in [3.8, 4) is 11.1 Å². The van der Waals surface area contributed by atoms with E-state index in [-0.39, 0.29) is 12.1 Å². The first kappa shape index (κ1) is 17.5. The number of hydrogen-bond acceptors (Lipinski definition) is 3. The van der Waals surface area contributed by atoms with E-state index in [1.165, 1.54) is 5.56 Å². The Balaban J connectivity index is 1.87. The van der Waals surface area contributed by atoms with Crippen LogP contribution in [-0.2, 0) is 11.3 Å². The van der Waals surface area contributed by atoms with E-state index in [4.69, 9.17) is 10.5 Å². The summed E-state index contributed by atoms with van der Waals surface area (Å²) in [6, 6.07) is 16.5. The Hall–Kier alpha value is -2.33. The summed E-state index contributed by atoms with van der Waals surface area (Å²) in [6.07, 6.45) is 0.449. The van der Waals surface area contributed by atoms with Crippen LogP contribution in [-0.4, -0.2) is 23.1 Å². The molecule has 1 aliphatic rings. The number of hydrogen-bond donors (Lipinski definition) is 1. The van der Waals surface area contributed by atoms with E-state index in [0.717, 1.165) is 23.1 Å². The summed E-state index contributed by atoms with van der Waals surface area (Å²) in [5, 5.41) is 0. The van der Waals surface area contributed by atoms with E-state index in [9.17, 15) is 4.79 Å². The molecule has 2 aromatic carbocycles. The zero-order valence-electron chi connectivity index (χ0n) is 15.2. The van der Waals surface area contributed by atoms with Crippen LogP contribution in [0.5, 0.6) is 0 Å². The third kappa shape index (κ3) is 4.20. The molecule has 3 rings (SSSR count). The van der Waals surface area contributed by atoms with E-state index in [1.54, 1.807) is 4.90 Å². The van der Waals surface area contributed by atoms with Gasteiger partial charge in [-0.25, -0.2) is 4.79 Å². The van der Waals surface area contributed by atoms with Crippen LogP contribution in [0.4, 0.5) is 4.79 Å². The molecule has 132 valence electrons. The molecule has 0 spiro atoms. The monoisotopic (exact) mass is 338 g/mol. The van der Waals surface area contributed by atoms with E-state index in [0.29, 0.717) is 13.1 Å². The second kappa shape index (κ2) is 6.89. The van der Waals surface area contributed by atoms with E-state index >= 15 is 0 Å². The van der Waals surface area contributed by atoms with Crippen molar-refractivity contribution in [2.24, 2.45) is 5.73 Å². The van der Waals surface area contributed by atoms with Gasteiger partial charge in [-0.3, -0.25) is 0 Å². The van der Waals surface area contributed by atoms with Gasteiger partial charge in [-0.05, 0) is 55.5 Å². The highest BCUT2D eigenvalue weighted by Gasteiger charge is 2.27. The molecule has 1 atom stereocenters. The van der Waals surface area contributed by atoms with E-state index in [1.807, 2.05) is 39.0 Å². The van der Waals surface area contributed by atoms with Crippen molar-refractivity contribution < 1.29 is 9.53 Å². The zero-order valence-corrected chi connectivity index (χ0v) is 15.2. The minimum absolute atomic E-state index is 0.0777. The van der Waals surface area contributed by atoms with Gasteiger partial charge in [-0.1, -0.05) is 42.5 Å². The number of carbonyl (C=O) groups excluding carboxylic acids is 1. The quantitative estimate of drug-likeness (QED) is 0.833. The lowest BCUT2D eigenvalue weighted by Crippen LogP contribution is -2.36. The van der Waals surface area contributed by atoms with Gasteiger partial charge in [0.25, 0.3) is 0 Å². The number of amides is 1. The van der Waals surface area contributed by atoms with Gasteiger partial charge in [-0.15, -0.1) is 0 Å². The average Bonchev–Trinajstić information content (AvgIpc) is 2.73. The molecule has 2 N–H and O–H groups in total. The largest absolute Gasteiger partial charge is 0.444 e. The smallest absolute Gasteiger partial charge is 0.410 e. The van der Waals surface area contributed by atoms with Crippen LogP contribution >= 0.6 is 0 Å². The second-order valence-electron chi connectivity index (χ2n) is 7.58. The molecule has 4 heteroatoms. The van der Waals surface area contributed by atoms with Gasteiger partial charge in [0.05, 0.1) is 0 Å². The fraction of sp³-hybridized carbons (Fsp3) is 0.381. The maximum atomic E-state index is 12.4. The fourth-order valence-corrected chi connectivity index (χ4v) is 3.11. The summed E-state index contributed by atoms with van der Waals surface area (Å²) in [6.45, 7) is 6.79. The topological polar surface area (TPSA) is 55.6 Å². The Morgan fingerprint density at radius 3 is 2.52 bits per heavy atom. The molecule has 0 saturated heterocycles. The number of ether oxygens (including phenoxy) is 1.